The van der Waals surface area contributed by atoms with E-state index in [-0.39, 0.29) is 11.6 Å². The zero-order valence-corrected chi connectivity index (χ0v) is 14.4. The summed E-state index contributed by atoms with van der Waals surface area (Å²) in [7, 11) is 0. The Morgan fingerprint density at radius 1 is 0.696 bits per heavy atom. The Morgan fingerprint density at radius 2 is 1.22 bits per heavy atom. The van der Waals surface area contributed by atoms with Gasteiger partial charge in [0.05, 0.1) is 0 Å². The third kappa shape index (κ3) is 5.31. The lowest BCUT2D eigenvalue weighted by Gasteiger charge is -2.12. The van der Waals surface area contributed by atoms with E-state index >= 15 is 0 Å². The van der Waals surface area contributed by atoms with Crippen molar-refractivity contribution in [2.75, 3.05) is 0 Å². The van der Waals surface area contributed by atoms with Crippen molar-refractivity contribution < 1.29 is 9.59 Å². The van der Waals surface area contributed by atoms with E-state index in [0.717, 1.165) is 31.3 Å². The second-order valence-electron chi connectivity index (χ2n) is 6.68. The summed E-state index contributed by atoms with van der Waals surface area (Å²) in [6.07, 6.45) is 14.9. The minimum absolute atomic E-state index is 0.0124. The van der Waals surface area contributed by atoms with Gasteiger partial charge in [0.2, 0.25) is 0 Å². The molecule has 0 radical (unpaired) electrons. The molecule has 0 spiro atoms. The van der Waals surface area contributed by atoms with Crippen LogP contribution in [-0.4, -0.2) is 11.6 Å². The molecule has 0 aromatic rings. The Morgan fingerprint density at radius 3 is 1.91 bits per heavy atom. The molecule has 23 heavy (non-hydrogen) atoms. The van der Waals surface area contributed by atoms with Gasteiger partial charge in [-0.15, -0.1) is 0 Å². The highest BCUT2D eigenvalue weighted by molar-refractivity contribution is 6.20. The smallest absolute Gasteiger partial charge is 0.182 e. The first-order chi connectivity index (χ1) is 11.0. The lowest BCUT2D eigenvalue weighted by Crippen LogP contribution is -2.13. The Labute approximate surface area is 139 Å². The summed E-state index contributed by atoms with van der Waals surface area (Å²) >= 11 is 0. The fourth-order valence-electron chi connectivity index (χ4n) is 2.90. The number of rotatable bonds is 0. The molecule has 0 heterocycles. The van der Waals surface area contributed by atoms with Crippen LogP contribution in [0, 0.1) is 0 Å². The fourth-order valence-corrected chi connectivity index (χ4v) is 2.90. The van der Waals surface area contributed by atoms with Crippen LogP contribution in [0.5, 0.6) is 0 Å². The minimum atomic E-state index is -0.0146. The molecule has 2 bridgehead atoms. The average Bonchev–Trinajstić information content (AvgIpc) is 2.48. The number of ketones is 2. The van der Waals surface area contributed by atoms with Crippen molar-refractivity contribution in [1.82, 2.24) is 0 Å². The van der Waals surface area contributed by atoms with E-state index in [1.165, 1.54) is 23.3 Å². The van der Waals surface area contributed by atoms with Crippen LogP contribution in [0.15, 0.2) is 58.2 Å². The number of fused-ring (bicyclic) bond motifs is 10. The largest absolute Gasteiger partial charge is 0.290 e. The second kappa shape index (κ2) is 8.05. The molecule has 0 saturated carbocycles. The molecule has 0 unspecified atom stereocenters. The van der Waals surface area contributed by atoms with E-state index in [9.17, 15) is 9.59 Å². The molecule has 0 aromatic carbocycles. The lowest BCUT2D eigenvalue weighted by atomic mass is 9.90. The van der Waals surface area contributed by atoms with Gasteiger partial charge in [-0.25, -0.2) is 0 Å². The first-order valence-electron chi connectivity index (χ1n) is 8.42. The van der Waals surface area contributed by atoms with Gasteiger partial charge >= 0.3 is 0 Å². The van der Waals surface area contributed by atoms with Crippen LogP contribution in [0.4, 0.5) is 0 Å². The van der Waals surface area contributed by atoms with Crippen LogP contribution in [0.2, 0.25) is 0 Å². The molecule has 0 N–H and O–H groups in total. The van der Waals surface area contributed by atoms with Gasteiger partial charge in [-0.05, 0) is 71.4 Å². The highest BCUT2D eigenvalue weighted by Crippen LogP contribution is 2.22. The number of carbonyl (C=O) groups is 2. The summed E-state index contributed by atoms with van der Waals surface area (Å²) in [5.74, 6) is -0.0270. The van der Waals surface area contributed by atoms with Crippen molar-refractivity contribution in [2.24, 2.45) is 0 Å². The molecule has 3 aliphatic rings. The van der Waals surface area contributed by atoms with Gasteiger partial charge in [-0.2, -0.15) is 0 Å². The van der Waals surface area contributed by atoms with E-state index < -0.39 is 0 Å². The van der Waals surface area contributed by atoms with Crippen LogP contribution in [0.3, 0.4) is 0 Å². The van der Waals surface area contributed by atoms with E-state index in [0.29, 0.717) is 24.0 Å². The zero-order chi connectivity index (χ0) is 16.8. The van der Waals surface area contributed by atoms with Gasteiger partial charge in [0.1, 0.15) is 0 Å². The second-order valence-corrected chi connectivity index (χ2v) is 6.68. The van der Waals surface area contributed by atoms with Gasteiger partial charge in [-0.3, -0.25) is 9.59 Å². The molecule has 3 rings (SSSR count). The van der Waals surface area contributed by atoms with Gasteiger partial charge in [0, 0.05) is 11.1 Å². The molecule has 0 aliphatic heterocycles. The van der Waals surface area contributed by atoms with Crippen molar-refractivity contribution in [3.63, 3.8) is 0 Å². The van der Waals surface area contributed by atoms with E-state index in [1.54, 1.807) is 0 Å². The summed E-state index contributed by atoms with van der Waals surface area (Å²) in [5.41, 5.74) is 5.08. The quantitative estimate of drug-likeness (QED) is 0.456. The molecule has 2 heteroatoms. The lowest BCUT2D eigenvalue weighted by molar-refractivity contribution is -0.115. The standard InChI is InChI=1S/C21H26O2/c1-15-6-4-8-16(2)10-11-18-13-21(23)19(14-20(18)22)12-17(3)9-5-7-15/h6,9-10,13-14H,4-5,7-8,11-12H2,1-3H3. The van der Waals surface area contributed by atoms with Crippen LogP contribution in [0.1, 0.15) is 59.3 Å². The Bertz CT molecular complexity index is 651. The third-order valence-corrected chi connectivity index (χ3v) is 4.45. The predicted molar refractivity (Wildman–Crippen MR) is 95.2 cm³/mol. The molecule has 2 nitrogen and oxygen atoms in total. The van der Waals surface area contributed by atoms with Crippen LogP contribution in [0.25, 0.3) is 0 Å². The SMILES string of the molecule is CC1=CCCC(C)=CCC2=CC(=O)C(=CC2=O)CC(C)=CCC1. The topological polar surface area (TPSA) is 34.1 Å². The summed E-state index contributed by atoms with van der Waals surface area (Å²) in [5, 5.41) is 0. The molecule has 122 valence electrons. The summed E-state index contributed by atoms with van der Waals surface area (Å²) < 4.78 is 0. The van der Waals surface area contributed by atoms with Crippen molar-refractivity contribution >= 4 is 11.6 Å². The zero-order valence-electron chi connectivity index (χ0n) is 14.4. The van der Waals surface area contributed by atoms with Gasteiger partial charge in [-0.1, -0.05) is 34.9 Å². The van der Waals surface area contributed by atoms with Crippen LogP contribution < -0.4 is 0 Å². The molecule has 0 aromatic heterocycles. The molecule has 3 aliphatic carbocycles. The van der Waals surface area contributed by atoms with E-state index in [4.69, 9.17) is 0 Å². The highest BCUT2D eigenvalue weighted by atomic mass is 16.1. The Kier molecular flexibility index (Phi) is 6.09. The number of hydrogen-bond acceptors (Lipinski definition) is 2. The summed E-state index contributed by atoms with van der Waals surface area (Å²) in [4.78, 5) is 24.5. The molecule has 0 saturated heterocycles. The normalized spacial score (nSPS) is 21.3. The van der Waals surface area contributed by atoms with Gasteiger partial charge in [0.15, 0.2) is 11.6 Å². The maximum atomic E-state index is 12.2. The number of carbonyl (C=O) groups excluding carboxylic acids is 2. The van der Waals surface area contributed by atoms with Crippen LogP contribution in [-0.2, 0) is 9.59 Å². The first-order valence-corrected chi connectivity index (χ1v) is 8.42. The summed E-state index contributed by atoms with van der Waals surface area (Å²) in [6.45, 7) is 6.31. The number of hydrogen-bond donors (Lipinski definition) is 0. The Hall–Kier alpha value is -1.96. The minimum Gasteiger partial charge on any atom is -0.290 e. The maximum absolute atomic E-state index is 12.2. The number of allylic oxidation sites excluding steroid dienone is 10. The predicted octanol–water partition coefficient (Wildman–Crippen LogP) is 5.18. The van der Waals surface area contributed by atoms with Crippen molar-refractivity contribution in [3.8, 4) is 0 Å². The van der Waals surface area contributed by atoms with E-state index in [2.05, 4.69) is 32.1 Å². The molecule has 0 fully saturated rings. The molecular formula is C21H26O2. The average molecular weight is 310 g/mol. The van der Waals surface area contributed by atoms with Crippen molar-refractivity contribution in [1.29, 1.82) is 0 Å². The summed E-state index contributed by atoms with van der Waals surface area (Å²) in [6, 6.07) is 0. The van der Waals surface area contributed by atoms with Crippen molar-refractivity contribution in [3.05, 3.63) is 58.2 Å². The fraction of sp³-hybridized carbons (Fsp3) is 0.429. The van der Waals surface area contributed by atoms with Crippen LogP contribution >= 0.6 is 0 Å². The maximum Gasteiger partial charge on any atom is 0.182 e. The van der Waals surface area contributed by atoms with Crippen molar-refractivity contribution in [2.45, 2.75) is 59.3 Å². The van der Waals surface area contributed by atoms with E-state index in [1.807, 2.05) is 6.92 Å². The highest BCUT2D eigenvalue weighted by Gasteiger charge is 2.19. The van der Waals surface area contributed by atoms with Gasteiger partial charge in [0.25, 0.3) is 0 Å². The Balaban J connectivity index is 2.25. The molecule has 0 amide bonds. The van der Waals surface area contributed by atoms with Gasteiger partial charge < -0.3 is 0 Å². The first kappa shape index (κ1) is 17.4. The third-order valence-electron chi connectivity index (χ3n) is 4.45. The molecule has 0 atom stereocenters. The molecular weight excluding hydrogens is 284 g/mol. The monoisotopic (exact) mass is 310 g/mol.